The summed E-state index contributed by atoms with van der Waals surface area (Å²) in [5.41, 5.74) is 0.554. The molecule has 0 heterocycles. The molecule has 1 saturated carbocycles. The molecule has 0 aromatic carbocycles. The van der Waals surface area contributed by atoms with Gasteiger partial charge in [-0.1, -0.05) is 33.6 Å². The average Bonchev–Trinajstić information content (AvgIpc) is 2.77. The summed E-state index contributed by atoms with van der Waals surface area (Å²) in [4.78, 5) is 0. The maximum atomic E-state index is 5.39. The number of unbranched alkanes of at least 4 members (excludes halogenated alkanes) is 1. The Hall–Kier alpha value is -0.480. The van der Waals surface area contributed by atoms with Crippen molar-refractivity contribution in [2.45, 2.75) is 78.2 Å². The van der Waals surface area contributed by atoms with Crippen LogP contribution in [0.5, 0.6) is 0 Å². The quantitative estimate of drug-likeness (QED) is 0.497. The molecule has 1 N–H and O–H groups in total. The summed E-state index contributed by atoms with van der Waals surface area (Å²) >= 11 is 0. The van der Waals surface area contributed by atoms with Gasteiger partial charge in [0.2, 0.25) is 0 Å². The highest BCUT2D eigenvalue weighted by Gasteiger charge is 2.40. The molecule has 0 bridgehead atoms. The standard InChI is InChI=1S/C17H31N/c1-5-7-8-11-16(18-6-2)17(14-15(3)4)12-9-10-13-17/h1,15-16,18H,6-14H2,2-4H3. The zero-order valence-corrected chi connectivity index (χ0v) is 12.6. The van der Waals surface area contributed by atoms with E-state index in [1.807, 2.05) is 0 Å². The summed E-state index contributed by atoms with van der Waals surface area (Å²) in [5.74, 6) is 3.58. The second-order valence-corrected chi connectivity index (χ2v) is 6.37. The molecule has 0 aromatic rings. The van der Waals surface area contributed by atoms with E-state index in [9.17, 15) is 0 Å². The van der Waals surface area contributed by atoms with Gasteiger partial charge in [0.1, 0.15) is 0 Å². The van der Waals surface area contributed by atoms with E-state index in [1.54, 1.807) is 0 Å². The summed E-state index contributed by atoms with van der Waals surface area (Å²) in [6, 6.07) is 0.681. The van der Waals surface area contributed by atoms with E-state index < -0.39 is 0 Å². The lowest BCUT2D eigenvalue weighted by atomic mass is 9.71. The zero-order chi connectivity index (χ0) is 13.4. The Morgan fingerprint density at radius 2 is 1.94 bits per heavy atom. The normalized spacial score (nSPS) is 19.9. The highest BCUT2D eigenvalue weighted by atomic mass is 14.9. The van der Waals surface area contributed by atoms with Crippen LogP contribution in [-0.2, 0) is 0 Å². The molecule has 1 heteroatoms. The first-order chi connectivity index (χ1) is 8.64. The van der Waals surface area contributed by atoms with Crippen molar-refractivity contribution >= 4 is 0 Å². The third-order valence-corrected chi connectivity index (χ3v) is 4.42. The maximum absolute atomic E-state index is 5.39. The molecule has 104 valence electrons. The SMILES string of the molecule is C#CCCCC(NCC)C1(CC(C)C)CCCC1. The number of hydrogen-bond acceptors (Lipinski definition) is 1. The van der Waals surface area contributed by atoms with Gasteiger partial charge in [0.25, 0.3) is 0 Å². The van der Waals surface area contributed by atoms with Crippen molar-refractivity contribution in [3.05, 3.63) is 0 Å². The fourth-order valence-electron chi connectivity index (χ4n) is 3.87. The summed E-state index contributed by atoms with van der Waals surface area (Å²) in [6.07, 6.45) is 15.8. The van der Waals surface area contributed by atoms with Crippen LogP contribution >= 0.6 is 0 Å². The molecule has 1 rings (SSSR count). The van der Waals surface area contributed by atoms with Crippen LogP contribution in [0, 0.1) is 23.7 Å². The summed E-state index contributed by atoms with van der Waals surface area (Å²) in [7, 11) is 0. The molecule has 1 aliphatic rings. The minimum absolute atomic E-state index is 0.554. The van der Waals surface area contributed by atoms with Crippen molar-refractivity contribution in [2.24, 2.45) is 11.3 Å². The van der Waals surface area contributed by atoms with Crippen molar-refractivity contribution in [1.82, 2.24) is 5.32 Å². The Balaban J connectivity index is 2.67. The largest absolute Gasteiger partial charge is 0.314 e. The lowest BCUT2D eigenvalue weighted by molar-refractivity contribution is 0.147. The van der Waals surface area contributed by atoms with E-state index in [0.717, 1.165) is 18.9 Å². The van der Waals surface area contributed by atoms with Crippen molar-refractivity contribution in [1.29, 1.82) is 0 Å². The molecule has 0 amide bonds. The van der Waals surface area contributed by atoms with Gasteiger partial charge >= 0.3 is 0 Å². The van der Waals surface area contributed by atoms with E-state index in [1.165, 1.54) is 44.9 Å². The second-order valence-electron chi connectivity index (χ2n) is 6.37. The van der Waals surface area contributed by atoms with Crippen LogP contribution in [0.3, 0.4) is 0 Å². The fourth-order valence-corrected chi connectivity index (χ4v) is 3.87. The highest BCUT2D eigenvalue weighted by Crippen LogP contribution is 2.47. The molecule has 0 spiro atoms. The molecule has 18 heavy (non-hydrogen) atoms. The zero-order valence-electron chi connectivity index (χ0n) is 12.6. The van der Waals surface area contributed by atoms with E-state index in [2.05, 4.69) is 32.0 Å². The fraction of sp³-hybridized carbons (Fsp3) is 0.882. The molecule has 0 radical (unpaired) electrons. The molecular formula is C17H31N. The monoisotopic (exact) mass is 249 g/mol. The highest BCUT2D eigenvalue weighted by molar-refractivity contribution is 4.96. The van der Waals surface area contributed by atoms with Crippen LogP contribution in [0.2, 0.25) is 0 Å². The van der Waals surface area contributed by atoms with Crippen molar-refractivity contribution in [2.75, 3.05) is 6.54 Å². The molecular weight excluding hydrogens is 218 g/mol. The van der Waals surface area contributed by atoms with Gasteiger partial charge in [0.15, 0.2) is 0 Å². The van der Waals surface area contributed by atoms with Gasteiger partial charge < -0.3 is 5.32 Å². The maximum Gasteiger partial charge on any atom is 0.0124 e. The topological polar surface area (TPSA) is 12.0 Å². The van der Waals surface area contributed by atoms with Gasteiger partial charge in [-0.25, -0.2) is 0 Å². The van der Waals surface area contributed by atoms with Crippen LogP contribution in [0.15, 0.2) is 0 Å². The van der Waals surface area contributed by atoms with Crippen molar-refractivity contribution in [3.8, 4) is 12.3 Å². The van der Waals surface area contributed by atoms with Crippen molar-refractivity contribution < 1.29 is 0 Å². The summed E-state index contributed by atoms with van der Waals surface area (Å²) in [5, 5.41) is 3.76. The van der Waals surface area contributed by atoms with Crippen LogP contribution in [0.25, 0.3) is 0 Å². The summed E-state index contributed by atoms with van der Waals surface area (Å²) in [6.45, 7) is 8.04. The van der Waals surface area contributed by atoms with Gasteiger partial charge in [0, 0.05) is 12.5 Å². The van der Waals surface area contributed by atoms with Crippen LogP contribution < -0.4 is 5.32 Å². The predicted molar refractivity (Wildman–Crippen MR) is 80.5 cm³/mol. The molecule has 0 saturated heterocycles. The number of terminal acetylenes is 1. The number of rotatable bonds is 8. The third kappa shape index (κ3) is 4.32. The summed E-state index contributed by atoms with van der Waals surface area (Å²) < 4.78 is 0. The molecule has 0 aliphatic heterocycles. The molecule has 1 aliphatic carbocycles. The number of nitrogens with one attached hydrogen (secondary N) is 1. The minimum atomic E-state index is 0.554. The Morgan fingerprint density at radius 1 is 1.28 bits per heavy atom. The van der Waals surface area contributed by atoms with E-state index in [4.69, 9.17) is 6.42 Å². The van der Waals surface area contributed by atoms with Gasteiger partial charge in [-0.3, -0.25) is 0 Å². The molecule has 1 nitrogen and oxygen atoms in total. The van der Waals surface area contributed by atoms with Crippen LogP contribution in [-0.4, -0.2) is 12.6 Å². The van der Waals surface area contributed by atoms with Gasteiger partial charge in [-0.15, -0.1) is 12.3 Å². The Kier molecular flexibility index (Phi) is 6.79. The van der Waals surface area contributed by atoms with Crippen LogP contribution in [0.4, 0.5) is 0 Å². The molecule has 1 unspecified atom stereocenters. The van der Waals surface area contributed by atoms with Gasteiger partial charge in [-0.2, -0.15) is 0 Å². The average molecular weight is 249 g/mol. The second kappa shape index (κ2) is 7.85. The molecule has 1 atom stereocenters. The Bertz CT molecular complexity index is 255. The lowest BCUT2D eigenvalue weighted by Gasteiger charge is -2.40. The number of hydrogen-bond donors (Lipinski definition) is 1. The van der Waals surface area contributed by atoms with E-state index >= 15 is 0 Å². The first-order valence-corrected chi connectivity index (χ1v) is 7.81. The lowest BCUT2D eigenvalue weighted by Crippen LogP contribution is -2.44. The third-order valence-electron chi connectivity index (χ3n) is 4.42. The Morgan fingerprint density at radius 3 is 2.44 bits per heavy atom. The van der Waals surface area contributed by atoms with E-state index in [0.29, 0.717) is 11.5 Å². The van der Waals surface area contributed by atoms with Crippen molar-refractivity contribution in [3.63, 3.8) is 0 Å². The van der Waals surface area contributed by atoms with Crippen LogP contribution in [0.1, 0.15) is 72.1 Å². The van der Waals surface area contributed by atoms with Gasteiger partial charge in [0.05, 0.1) is 0 Å². The molecule has 0 aromatic heterocycles. The smallest absolute Gasteiger partial charge is 0.0124 e. The predicted octanol–water partition coefficient (Wildman–Crippen LogP) is 4.37. The first-order valence-electron chi connectivity index (χ1n) is 7.81. The minimum Gasteiger partial charge on any atom is -0.314 e. The first kappa shape index (κ1) is 15.6. The van der Waals surface area contributed by atoms with Gasteiger partial charge in [-0.05, 0) is 50.0 Å². The molecule has 1 fully saturated rings. The van der Waals surface area contributed by atoms with E-state index in [-0.39, 0.29) is 0 Å². The Labute approximate surface area is 114 Å².